The number of carbonyl (C=O) groups excluding carboxylic acids is 1. The van der Waals surface area contributed by atoms with E-state index in [2.05, 4.69) is 11.9 Å². The monoisotopic (exact) mass is 297 g/mol. The first-order valence-electron chi connectivity index (χ1n) is 7.36. The van der Waals surface area contributed by atoms with E-state index in [-0.39, 0.29) is 6.03 Å². The van der Waals surface area contributed by atoms with E-state index >= 15 is 0 Å². The van der Waals surface area contributed by atoms with E-state index in [9.17, 15) is 4.79 Å². The second-order valence-corrected chi connectivity index (χ2v) is 5.48. The fraction of sp³-hybridized carbons (Fsp3) is 0.278. The summed E-state index contributed by atoms with van der Waals surface area (Å²) in [4.78, 5) is 14.3. The molecular formula is C18H23N3O. The summed E-state index contributed by atoms with van der Waals surface area (Å²) in [6, 6.07) is 9.87. The average Bonchev–Trinajstić information content (AvgIpc) is 2.88. The van der Waals surface area contributed by atoms with Crippen molar-refractivity contribution in [1.82, 2.24) is 9.47 Å². The number of urea groups is 1. The molecule has 0 aliphatic carbocycles. The van der Waals surface area contributed by atoms with E-state index in [0.717, 1.165) is 22.5 Å². The molecule has 0 bridgehead atoms. The van der Waals surface area contributed by atoms with E-state index in [1.54, 1.807) is 11.0 Å². The largest absolute Gasteiger partial charge is 0.353 e. The Morgan fingerprint density at radius 3 is 2.50 bits per heavy atom. The van der Waals surface area contributed by atoms with Crippen LogP contribution in [-0.2, 0) is 13.6 Å². The molecule has 0 saturated carbocycles. The van der Waals surface area contributed by atoms with Crippen molar-refractivity contribution in [3.05, 3.63) is 66.0 Å². The first-order chi connectivity index (χ1) is 10.5. The predicted molar refractivity (Wildman–Crippen MR) is 91.0 cm³/mol. The first kappa shape index (κ1) is 15.9. The van der Waals surface area contributed by atoms with Gasteiger partial charge in [-0.25, -0.2) is 4.79 Å². The molecule has 0 fully saturated rings. The van der Waals surface area contributed by atoms with Crippen LogP contribution in [0.4, 0.5) is 10.5 Å². The fourth-order valence-electron chi connectivity index (χ4n) is 2.43. The summed E-state index contributed by atoms with van der Waals surface area (Å²) in [5.41, 5.74) is 4.09. The van der Waals surface area contributed by atoms with E-state index < -0.39 is 0 Å². The molecule has 0 unspecified atom stereocenters. The van der Waals surface area contributed by atoms with Gasteiger partial charge in [0.15, 0.2) is 0 Å². The minimum absolute atomic E-state index is 0.113. The lowest BCUT2D eigenvalue weighted by Gasteiger charge is -2.23. The maximum Gasteiger partial charge on any atom is 0.322 e. The molecule has 0 aliphatic rings. The molecule has 1 N–H and O–H groups in total. The molecule has 2 aromatic rings. The molecule has 1 heterocycles. The van der Waals surface area contributed by atoms with Crippen LogP contribution in [0.1, 0.15) is 16.8 Å². The Labute approximate surface area is 132 Å². The summed E-state index contributed by atoms with van der Waals surface area (Å²) in [7, 11) is 1.98. The van der Waals surface area contributed by atoms with E-state index in [4.69, 9.17) is 0 Å². The lowest BCUT2D eigenvalue weighted by atomic mass is 10.1. The molecule has 0 aliphatic heterocycles. The highest BCUT2D eigenvalue weighted by molar-refractivity contribution is 5.91. The van der Waals surface area contributed by atoms with E-state index in [0.29, 0.717) is 13.1 Å². The van der Waals surface area contributed by atoms with Gasteiger partial charge in [-0.3, -0.25) is 0 Å². The van der Waals surface area contributed by atoms with Crippen LogP contribution in [0.15, 0.2) is 49.2 Å². The lowest BCUT2D eigenvalue weighted by molar-refractivity contribution is 0.214. The molecule has 1 aromatic carbocycles. The minimum atomic E-state index is -0.113. The summed E-state index contributed by atoms with van der Waals surface area (Å²) < 4.78 is 2.02. The predicted octanol–water partition coefficient (Wildman–Crippen LogP) is 3.86. The number of amides is 2. The highest BCUT2D eigenvalue weighted by Gasteiger charge is 2.15. The summed E-state index contributed by atoms with van der Waals surface area (Å²) in [5.74, 6) is 0. The van der Waals surface area contributed by atoms with Gasteiger partial charge >= 0.3 is 6.03 Å². The normalized spacial score (nSPS) is 10.3. The number of nitrogens with one attached hydrogen (secondary N) is 1. The zero-order chi connectivity index (χ0) is 16.1. The van der Waals surface area contributed by atoms with E-state index in [1.807, 2.05) is 62.0 Å². The summed E-state index contributed by atoms with van der Waals surface area (Å²) in [6.45, 7) is 8.79. The van der Waals surface area contributed by atoms with Crippen LogP contribution in [0.3, 0.4) is 0 Å². The third kappa shape index (κ3) is 3.58. The zero-order valence-electron chi connectivity index (χ0n) is 13.5. The van der Waals surface area contributed by atoms with Crippen molar-refractivity contribution in [2.45, 2.75) is 20.4 Å². The Hall–Kier alpha value is -2.49. The Balaban J connectivity index is 2.16. The standard InChI is InChI=1S/C18H23N3O/c1-5-11-21(13-16-10-7-12-20(16)4)18(22)19-17-14(2)8-6-9-15(17)3/h5-10,12H,1,11,13H2,2-4H3,(H,19,22). The molecule has 0 radical (unpaired) electrons. The number of nitrogens with zero attached hydrogens (tertiary/aromatic N) is 2. The number of aryl methyl sites for hydroxylation is 3. The molecule has 22 heavy (non-hydrogen) atoms. The highest BCUT2D eigenvalue weighted by Crippen LogP contribution is 2.20. The third-order valence-corrected chi connectivity index (χ3v) is 3.75. The van der Waals surface area contributed by atoms with Crippen molar-refractivity contribution in [1.29, 1.82) is 0 Å². The number of rotatable bonds is 5. The van der Waals surface area contributed by atoms with Crippen LogP contribution >= 0.6 is 0 Å². The quantitative estimate of drug-likeness (QED) is 0.836. The second kappa shape index (κ2) is 6.98. The number of hydrogen-bond acceptors (Lipinski definition) is 1. The van der Waals surface area contributed by atoms with Crippen LogP contribution in [0, 0.1) is 13.8 Å². The molecule has 4 heteroatoms. The molecule has 0 saturated heterocycles. The average molecular weight is 297 g/mol. The zero-order valence-corrected chi connectivity index (χ0v) is 13.5. The van der Waals surface area contributed by atoms with Crippen molar-refractivity contribution in [2.75, 3.05) is 11.9 Å². The lowest BCUT2D eigenvalue weighted by Crippen LogP contribution is -2.35. The number of hydrogen-bond donors (Lipinski definition) is 1. The molecule has 2 amide bonds. The van der Waals surface area contributed by atoms with Crippen LogP contribution in [0.5, 0.6) is 0 Å². The van der Waals surface area contributed by atoms with Gasteiger partial charge in [-0.15, -0.1) is 6.58 Å². The Kier molecular flexibility index (Phi) is 5.04. The van der Waals surface area contributed by atoms with Gasteiger partial charge in [-0.05, 0) is 37.1 Å². The maximum atomic E-state index is 12.6. The topological polar surface area (TPSA) is 37.3 Å². The van der Waals surface area contributed by atoms with Crippen LogP contribution in [0.2, 0.25) is 0 Å². The summed E-state index contributed by atoms with van der Waals surface area (Å²) in [5, 5.41) is 3.03. The van der Waals surface area contributed by atoms with Gasteiger partial charge in [0.25, 0.3) is 0 Å². The Morgan fingerprint density at radius 2 is 1.95 bits per heavy atom. The van der Waals surface area contributed by atoms with Gasteiger partial charge in [0, 0.05) is 31.2 Å². The van der Waals surface area contributed by atoms with Crippen molar-refractivity contribution in [3.63, 3.8) is 0 Å². The first-order valence-corrected chi connectivity index (χ1v) is 7.36. The van der Waals surface area contributed by atoms with Crippen molar-refractivity contribution < 1.29 is 4.79 Å². The molecule has 2 rings (SSSR count). The number of benzene rings is 1. The smallest absolute Gasteiger partial charge is 0.322 e. The van der Waals surface area contributed by atoms with Crippen LogP contribution in [-0.4, -0.2) is 22.0 Å². The maximum absolute atomic E-state index is 12.6. The molecule has 4 nitrogen and oxygen atoms in total. The minimum Gasteiger partial charge on any atom is -0.353 e. The molecule has 116 valence electrons. The molecule has 0 spiro atoms. The van der Waals surface area contributed by atoms with Crippen molar-refractivity contribution >= 4 is 11.7 Å². The van der Waals surface area contributed by atoms with Gasteiger partial charge in [0.1, 0.15) is 0 Å². The van der Waals surface area contributed by atoms with Gasteiger partial charge in [-0.2, -0.15) is 0 Å². The van der Waals surface area contributed by atoms with Crippen molar-refractivity contribution in [2.24, 2.45) is 7.05 Å². The second-order valence-electron chi connectivity index (χ2n) is 5.48. The van der Waals surface area contributed by atoms with Gasteiger partial charge in [0.2, 0.25) is 0 Å². The third-order valence-electron chi connectivity index (χ3n) is 3.75. The van der Waals surface area contributed by atoms with Gasteiger partial charge in [0.05, 0.1) is 6.54 Å². The SMILES string of the molecule is C=CCN(Cc1cccn1C)C(=O)Nc1c(C)cccc1C. The van der Waals surface area contributed by atoms with E-state index in [1.165, 1.54) is 0 Å². The van der Waals surface area contributed by atoms with Gasteiger partial charge < -0.3 is 14.8 Å². The number of para-hydroxylation sites is 1. The molecule has 0 atom stereocenters. The Bertz CT molecular complexity index is 652. The fourth-order valence-corrected chi connectivity index (χ4v) is 2.43. The van der Waals surface area contributed by atoms with Crippen molar-refractivity contribution in [3.8, 4) is 0 Å². The molecular weight excluding hydrogens is 274 g/mol. The molecule has 1 aromatic heterocycles. The number of carbonyl (C=O) groups is 1. The summed E-state index contributed by atoms with van der Waals surface area (Å²) in [6.07, 6.45) is 3.72. The van der Waals surface area contributed by atoms with Gasteiger partial charge in [-0.1, -0.05) is 24.3 Å². The van der Waals surface area contributed by atoms with Crippen LogP contribution in [0.25, 0.3) is 0 Å². The number of aromatic nitrogens is 1. The van der Waals surface area contributed by atoms with Crippen LogP contribution < -0.4 is 5.32 Å². The number of anilines is 1. The highest BCUT2D eigenvalue weighted by atomic mass is 16.2. The summed E-state index contributed by atoms with van der Waals surface area (Å²) >= 11 is 0. The Morgan fingerprint density at radius 1 is 1.27 bits per heavy atom.